The van der Waals surface area contributed by atoms with Gasteiger partial charge in [0.15, 0.2) is 5.60 Å². The number of hydrogen-bond acceptors (Lipinski definition) is 3. The van der Waals surface area contributed by atoms with Crippen molar-refractivity contribution in [2.45, 2.75) is 52.7 Å². The van der Waals surface area contributed by atoms with Crippen molar-refractivity contribution in [1.82, 2.24) is 5.32 Å². The smallest absolute Gasteiger partial charge is 0.263 e. The Balaban J connectivity index is 2.63. The number of hydrogen-bond donors (Lipinski definition) is 2. The Labute approximate surface area is 137 Å². The predicted molar refractivity (Wildman–Crippen MR) is 89.2 cm³/mol. The normalized spacial score (nSPS) is 13.6. The lowest BCUT2D eigenvalue weighted by molar-refractivity contribution is -0.134. The molecule has 0 saturated carbocycles. The van der Waals surface area contributed by atoms with Gasteiger partial charge >= 0.3 is 0 Å². The van der Waals surface area contributed by atoms with Gasteiger partial charge in [0, 0.05) is 11.6 Å². The Morgan fingerprint density at radius 2 is 2.00 bits per heavy atom. The number of halogens is 1. The molecule has 0 aliphatic carbocycles. The lowest BCUT2D eigenvalue weighted by Crippen LogP contribution is -2.49. The lowest BCUT2D eigenvalue weighted by Gasteiger charge is -2.30. The van der Waals surface area contributed by atoms with E-state index in [2.05, 4.69) is 5.32 Å². The van der Waals surface area contributed by atoms with Crippen molar-refractivity contribution in [2.75, 3.05) is 6.54 Å². The number of ether oxygens (including phenoxy) is 1. The molecule has 1 amide bonds. The van der Waals surface area contributed by atoms with Crippen molar-refractivity contribution in [1.29, 1.82) is 0 Å². The number of aliphatic hydroxyl groups is 1. The molecule has 0 aliphatic heterocycles. The zero-order valence-corrected chi connectivity index (χ0v) is 14.7. The van der Waals surface area contributed by atoms with E-state index in [1.807, 2.05) is 13.8 Å². The highest BCUT2D eigenvalue weighted by molar-refractivity contribution is 6.30. The molecule has 1 unspecified atom stereocenters. The number of aliphatic hydroxyl groups excluding tert-OH is 1. The van der Waals surface area contributed by atoms with Crippen molar-refractivity contribution in [2.24, 2.45) is 5.41 Å². The standard InChI is InChI=1S/C17H26ClNO3/c1-12(20)10-16(2,3)11-19-15(21)17(4,5)22-14-8-6-7-13(18)9-14/h6-9,12,20H,10-11H2,1-5H3,(H,19,21). The van der Waals surface area contributed by atoms with E-state index in [4.69, 9.17) is 16.3 Å². The Morgan fingerprint density at radius 1 is 1.36 bits per heavy atom. The van der Waals surface area contributed by atoms with Gasteiger partial charge in [-0.1, -0.05) is 31.5 Å². The Bertz CT molecular complexity index is 512. The Morgan fingerprint density at radius 3 is 2.55 bits per heavy atom. The van der Waals surface area contributed by atoms with Gasteiger partial charge in [-0.15, -0.1) is 0 Å². The van der Waals surface area contributed by atoms with Crippen LogP contribution in [0.4, 0.5) is 0 Å². The topological polar surface area (TPSA) is 58.6 Å². The molecule has 5 heteroatoms. The van der Waals surface area contributed by atoms with Gasteiger partial charge in [0.1, 0.15) is 5.75 Å². The summed E-state index contributed by atoms with van der Waals surface area (Å²) in [6.45, 7) is 9.65. The molecular weight excluding hydrogens is 302 g/mol. The molecular formula is C17H26ClNO3. The summed E-state index contributed by atoms with van der Waals surface area (Å²) in [5.41, 5.74) is -1.19. The number of nitrogens with one attached hydrogen (secondary N) is 1. The van der Waals surface area contributed by atoms with Gasteiger partial charge in [0.25, 0.3) is 5.91 Å². The van der Waals surface area contributed by atoms with Gasteiger partial charge in [-0.2, -0.15) is 0 Å². The van der Waals surface area contributed by atoms with Crippen LogP contribution in [0.1, 0.15) is 41.0 Å². The van der Waals surface area contributed by atoms with E-state index in [1.165, 1.54) is 0 Å². The summed E-state index contributed by atoms with van der Waals surface area (Å²) in [7, 11) is 0. The molecule has 0 saturated heterocycles. The zero-order chi connectivity index (χ0) is 17.0. The Hall–Kier alpha value is -1.26. The van der Waals surface area contributed by atoms with Gasteiger partial charge in [-0.3, -0.25) is 4.79 Å². The van der Waals surface area contributed by atoms with Crippen LogP contribution >= 0.6 is 11.6 Å². The predicted octanol–water partition coefficient (Wildman–Crippen LogP) is 3.41. The molecule has 2 N–H and O–H groups in total. The maximum Gasteiger partial charge on any atom is 0.263 e. The molecule has 1 aromatic rings. The van der Waals surface area contributed by atoms with Gasteiger partial charge < -0.3 is 15.2 Å². The van der Waals surface area contributed by atoms with E-state index in [0.29, 0.717) is 23.7 Å². The third-order valence-electron chi connectivity index (χ3n) is 3.29. The molecule has 4 nitrogen and oxygen atoms in total. The van der Waals surface area contributed by atoms with Crippen molar-refractivity contribution in [3.05, 3.63) is 29.3 Å². The molecule has 22 heavy (non-hydrogen) atoms. The first-order chi connectivity index (χ1) is 10.0. The molecule has 0 spiro atoms. The third kappa shape index (κ3) is 6.24. The first kappa shape index (κ1) is 18.8. The molecule has 1 aromatic carbocycles. The summed E-state index contributed by atoms with van der Waals surface area (Å²) in [5.74, 6) is 0.349. The minimum atomic E-state index is -1.01. The van der Waals surface area contributed by atoms with E-state index in [0.717, 1.165) is 0 Å². The second kappa shape index (κ2) is 7.34. The van der Waals surface area contributed by atoms with Crippen molar-refractivity contribution < 1.29 is 14.6 Å². The van der Waals surface area contributed by atoms with Crippen molar-refractivity contribution in [3.8, 4) is 5.75 Å². The van der Waals surface area contributed by atoms with Gasteiger partial charge in [0.2, 0.25) is 0 Å². The summed E-state index contributed by atoms with van der Waals surface area (Å²) >= 11 is 5.92. The van der Waals surface area contributed by atoms with Crippen LogP contribution in [0, 0.1) is 5.41 Å². The van der Waals surface area contributed by atoms with Crippen LogP contribution in [0.3, 0.4) is 0 Å². The Kier molecular flexibility index (Phi) is 6.27. The fraction of sp³-hybridized carbons (Fsp3) is 0.588. The minimum absolute atomic E-state index is 0.185. The molecule has 0 radical (unpaired) electrons. The van der Waals surface area contributed by atoms with Crippen LogP contribution in [0.5, 0.6) is 5.75 Å². The van der Waals surface area contributed by atoms with Gasteiger partial charge in [-0.05, 0) is 50.8 Å². The summed E-state index contributed by atoms with van der Waals surface area (Å²) < 4.78 is 5.74. The van der Waals surface area contributed by atoms with E-state index < -0.39 is 11.7 Å². The third-order valence-corrected chi connectivity index (χ3v) is 3.53. The van der Waals surface area contributed by atoms with E-state index in [9.17, 15) is 9.90 Å². The highest BCUT2D eigenvalue weighted by Crippen LogP contribution is 2.24. The molecule has 0 bridgehead atoms. The molecule has 1 rings (SSSR count). The number of amides is 1. The van der Waals surface area contributed by atoms with Crippen LogP contribution in [0.25, 0.3) is 0 Å². The number of carbonyl (C=O) groups excluding carboxylic acids is 1. The average Bonchev–Trinajstić information content (AvgIpc) is 2.33. The minimum Gasteiger partial charge on any atom is -0.478 e. The highest BCUT2D eigenvalue weighted by atomic mass is 35.5. The van der Waals surface area contributed by atoms with Crippen LogP contribution in [-0.2, 0) is 4.79 Å². The summed E-state index contributed by atoms with van der Waals surface area (Å²) in [6, 6.07) is 6.96. The summed E-state index contributed by atoms with van der Waals surface area (Å²) in [6.07, 6.45) is 0.214. The maximum absolute atomic E-state index is 12.4. The first-order valence-corrected chi connectivity index (χ1v) is 7.81. The van der Waals surface area contributed by atoms with Crippen LogP contribution < -0.4 is 10.1 Å². The molecule has 0 heterocycles. The van der Waals surface area contributed by atoms with E-state index in [-0.39, 0.29) is 11.3 Å². The lowest BCUT2D eigenvalue weighted by atomic mass is 9.87. The number of rotatable bonds is 7. The van der Waals surface area contributed by atoms with Crippen LogP contribution in [-0.4, -0.2) is 29.3 Å². The van der Waals surface area contributed by atoms with E-state index >= 15 is 0 Å². The monoisotopic (exact) mass is 327 g/mol. The quantitative estimate of drug-likeness (QED) is 0.806. The number of benzene rings is 1. The second-order valence-electron chi connectivity index (χ2n) is 6.97. The fourth-order valence-electron chi connectivity index (χ4n) is 2.28. The summed E-state index contributed by atoms with van der Waals surface area (Å²) in [4.78, 5) is 12.4. The molecule has 1 atom stereocenters. The molecule has 0 aromatic heterocycles. The second-order valence-corrected chi connectivity index (χ2v) is 7.41. The first-order valence-electron chi connectivity index (χ1n) is 7.43. The van der Waals surface area contributed by atoms with Gasteiger partial charge in [0.05, 0.1) is 6.10 Å². The zero-order valence-electron chi connectivity index (χ0n) is 13.9. The molecule has 0 aliphatic rings. The van der Waals surface area contributed by atoms with E-state index in [1.54, 1.807) is 45.0 Å². The highest BCUT2D eigenvalue weighted by Gasteiger charge is 2.31. The molecule has 124 valence electrons. The van der Waals surface area contributed by atoms with Crippen LogP contribution in [0.2, 0.25) is 5.02 Å². The maximum atomic E-state index is 12.4. The SMILES string of the molecule is CC(O)CC(C)(C)CNC(=O)C(C)(C)Oc1cccc(Cl)c1. The largest absolute Gasteiger partial charge is 0.478 e. The number of carbonyl (C=O) groups is 1. The fourth-order valence-corrected chi connectivity index (χ4v) is 2.46. The van der Waals surface area contributed by atoms with Crippen molar-refractivity contribution >= 4 is 17.5 Å². The molecule has 0 fully saturated rings. The summed E-state index contributed by atoms with van der Waals surface area (Å²) in [5, 5.41) is 12.9. The van der Waals surface area contributed by atoms with Crippen LogP contribution in [0.15, 0.2) is 24.3 Å². The average molecular weight is 328 g/mol. The van der Waals surface area contributed by atoms with Gasteiger partial charge in [-0.25, -0.2) is 0 Å². The van der Waals surface area contributed by atoms with Crippen molar-refractivity contribution in [3.63, 3.8) is 0 Å².